The lowest BCUT2D eigenvalue weighted by Crippen LogP contribution is -2.53. The van der Waals surface area contributed by atoms with Gasteiger partial charge in [0.15, 0.2) is 0 Å². The molecular weight excluding hydrogens is 314 g/mol. The van der Waals surface area contributed by atoms with Crippen molar-refractivity contribution in [3.8, 4) is 0 Å². The minimum Gasteiger partial charge on any atom is -0.444 e. The third-order valence-corrected chi connectivity index (χ3v) is 4.37. The number of amides is 2. The van der Waals surface area contributed by atoms with Crippen LogP contribution < -0.4 is 5.32 Å². The lowest BCUT2D eigenvalue weighted by Gasteiger charge is -2.35. The Morgan fingerprint density at radius 1 is 1.43 bits per heavy atom. The highest BCUT2D eigenvalue weighted by Crippen LogP contribution is 2.20. The number of thiazole rings is 1. The fourth-order valence-corrected chi connectivity index (χ4v) is 3.14. The summed E-state index contributed by atoms with van der Waals surface area (Å²) in [6.45, 7) is 8.36. The first-order valence-electron chi connectivity index (χ1n) is 7.94. The zero-order valence-corrected chi connectivity index (χ0v) is 15.0. The molecule has 1 saturated heterocycles. The van der Waals surface area contributed by atoms with Crippen molar-refractivity contribution in [1.82, 2.24) is 15.2 Å². The molecule has 128 valence electrons. The Kier molecular flexibility index (Phi) is 5.62. The Morgan fingerprint density at radius 3 is 2.78 bits per heavy atom. The van der Waals surface area contributed by atoms with Crippen molar-refractivity contribution in [3.05, 3.63) is 16.1 Å². The first-order chi connectivity index (χ1) is 10.8. The van der Waals surface area contributed by atoms with Crippen LogP contribution in [0.4, 0.5) is 4.79 Å². The maximum absolute atomic E-state index is 12.5. The van der Waals surface area contributed by atoms with E-state index in [0.29, 0.717) is 19.5 Å². The quantitative estimate of drug-likeness (QED) is 0.919. The van der Waals surface area contributed by atoms with Crippen LogP contribution in [0.3, 0.4) is 0 Å². The fourth-order valence-electron chi connectivity index (χ4n) is 2.53. The summed E-state index contributed by atoms with van der Waals surface area (Å²) < 4.78 is 5.42. The lowest BCUT2D eigenvalue weighted by atomic mass is 10.0. The Hall–Kier alpha value is -1.63. The van der Waals surface area contributed by atoms with Crippen LogP contribution in [0.15, 0.2) is 5.38 Å². The van der Waals surface area contributed by atoms with Crippen LogP contribution in [0.5, 0.6) is 0 Å². The van der Waals surface area contributed by atoms with Crippen LogP contribution in [0.1, 0.15) is 50.7 Å². The summed E-state index contributed by atoms with van der Waals surface area (Å²) in [4.78, 5) is 30.7. The summed E-state index contributed by atoms with van der Waals surface area (Å²) in [5.74, 6) is -0.138. The highest BCUT2D eigenvalue weighted by Gasteiger charge is 2.34. The van der Waals surface area contributed by atoms with Crippen molar-refractivity contribution in [1.29, 1.82) is 0 Å². The van der Waals surface area contributed by atoms with Gasteiger partial charge in [-0.25, -0.2) is 9.78 Å². The molecule has 0 unspecified atom stereocenters. The van der Waals surface area contributed by atoms with Crippen molar-refractivity contribution >= 4 is 23.3 Å². The van der Waals surface area contributed by atoms with E-state index in [4.69, 9.17) is 4.74 Å². The van der Waals surface area contributed by atoms with Gasteiger partial charge in [0.05, 0.1) is 17.2 Å². The van der Waals surface area contributed by atoms with E-state index in [0.717, 1.165) is 23.5 Å². The number of aryl methyl sites for hydroxylation is 1. The van der Waals surface area contributed by atoms with Crippen LogP contribution in [0, 0.1) is 6.92 Å². The number of carbonyl (C=O) groups is 2. The number of hydrogen-bond acceptors (Lipinski definition) is 5. The van der Waals surface area contributed by atoms with Crippen molar-refractivity contribution < 1.29 is 14.3 Å². The molecule has 1 aromatic rings. The molecule has 7 heteroatoms. The molecule has 0 radical (unpaired) electrons. The van der Waals surface area contributed by atoms with E-state index in [1.54, 1.807) is 16.2 Å². The van der Waals surface area contributed by atoms with Crippen molar-refractivity contribution in [2.24, 2.45) is 0 Å². The highest BCUT2D eigenvalue weighted by atomic mass is 32.1. The van der Waals surface area contributed by atoms with Gasteiger partial charge >= 0.3 is 6.09 Å². The second kappa shape index (κ2) is 7.29. The van der Waals surface area contributed by atoms with Crippen LogP contribution in [0.2, 0.25) is 0 Å². The molecule has 1 aliphatic heterocycles. The second-order valence-corrected chi connectivity index (χ2v) is 7.82. The van der Waals surface area contributed by atoms with Gasteiger partial charge in [-0.05, 0) is 47.0 Å². The maximum atomic E-state index is 12.5. The Balaban J connectivity index is 1.96. The van der Waals surface area contributed by atoms with Crippen LogP contribution in [0.25, 0.3) is 0 Å². The molecule has 1 N–H and O–H groups in total. The molecule has 0 spiro atoms. The van der Waals surface area contributed by atoms with Crippen LogP contribution in [-0.4, -0.2) is 40.1 Å². The first-order valence-corrected chi connectivity index (χ1v) is 8.82. The van der Waals surface area contributed by atoms with Gasteiger partial charge in [0.25, 0.3) is 0 Å². The predicted octanol–water partition coefficient (Wildman–Crippen LogP) is 2.86. The van der Waals surface area contributed by atoms with Gasteiger partial charge in [0.2, 0.25) is 5.91 Å². The number of carbonyl (C=O) groups excluding carboxylic acids is 2. The summed E-state index contributed by atoms with van der Waals surface area (Å²) in [6, 6.07) is -0.460. The second-order valence-electron chi connectivity index (χ2n) is 6.76. The smallest absolute Gasteiger partial charge is 0.410 e. The molecule has 1 aliphatic rings. The topological polar surface area (TPSA) is 71.5 Å². The van der Waals surface area contributed by atoms with Gasteiger partial charge in [-0.1, -0.05) is 0 Å². The molecular formula is C16H25N3O3S. The van der Waals surface area contributed by atoms with E-state index in [1.165, 1.54) is 0 Å². The predicted molar refractivity (Wildman–Crippen MR) is 89.3 cm³/mol. The number of nitrogens with zero attached hydrogens (tertiary/aromatic N) is 2. The molecule has 0 bridgehead atoms. The Labute approximate surface area is 141 Å². The molecule has 0 aliphatic carbocycles. The Bertz CT molecular complexity index is 565. The molecule has 1 aromatic heterocycles. The van der Waals surface area contributed by atoms with Gasteiger partial charge in [-0.15, -0.1) is 11.3 Å². The van der Waals surface area contributed by atoms with E-state index >= 15 is 0 Å². The monoisotopic (exact) mass is 339 g/mol. The molecule has 1 fully saturated rings. The van der Waals surface area contributed by atoms with E-state index in [-0.39, 0.29) is 5.91 Å². The van der Waals surface area contributed by atoms with Gasteiger partial charge in [-0.2, -0.15) is 0 Å². The van der Waals surface area contributed by atoms with E-state index < -0.39 is 17.7 Å². The minimum absolute atomic E-state index is 0.138. The first kappa shape index (κ1) is 17.7. The summed E-state index contributed by atoms with van der Waals surface area (Å²) in [5.41, 5.74) is 0.286. The van der Waals surface area contributed by atoms with Crippen LogP contribution >= 0.6 is 11.3 Å². The molecule has 2 amide bonds. The summed E-state index contributed by atoms with van der Waals surface area (Å²) in [6.07, 6.45) is 2.09. The van der Waals surface area contributed by atoms with E-state index in [2.05, 4.69) is 10.3 Å². The summed E-state index contributed by atoms with van der Waals surface area (Å²) >= 11 is 1.56. The number of aromatic nitrogens is 1. The number of piperidine rings is 1. The van der Waals surface area contributed by atoms with E-state index in [9.17, 15) is 9.59 Å². The highest BCUT2D eigenvalue weighted by molar-refractivity contribution is 7.09. The number of hydrogen-bond donors (Lipinski definition) is 1. The zero-order valence-electron chi connectivity index (χ0n) is 14.2. The van der Waals surface area contributed by atoms with Crippen molar-refractivity contribution in [2.45, 2.75) is 65.1 Å². The fraction of sp³-hybridized carbons (Fsp3) is 0.688. The largest absolute Gasteiger partial charge is 0.444 e. The number of likely N-dealkylation sites (tertiary alicyclic amines) is 1. The maximum Gasteiger partial charge on any atom is 0.410 e. The molecule has 2 heterocycles. The molecule has 2 rings (SSSR count). The van der Waals surface area contributed by atoms with Crippen molar-refractivity contribution in [2.75, 3.05) is 6.54 Å². The molecule has 6 nitrogen and oxygen atoms in total. The standard InChI is InChI=1S/C16H25N3O3S/c1-11-18-12(10-23-11)9-17-14(20)13-7-5-6-8-19(13)15(21)22-16(2,3)4/h10,13H,5-9H2,1-4H3,(H,17,20)/t13-/m1/s1. The zero-order chi connectivity index (χ0) is 17.0. The normalized spacial score (nSPS) is 18.6. The third-order valence-electron chi connectivity index (χ3n) is 3.54. The molecule has 1 atom stereocenters. The summed E-state index contributed by atoms with van der Waals surface area (Å²) in [7, 11) is 0. The van der Waals surface area contributed by atoms with Crippen LogP contribution in [-0.2, 0) is 16.1 Å². The average Bonchev–Trinajstić information content (AvgIpc) is 2.88. The number of rotatable bonds is 3. The van der Waals surface area contributed by atoms with Gasteiger partial charge < -0.3 is 10.1 Å². The minimum atomic E-state index is -0.562. The summed E-state index contributed by atoms with van der Waals surface area (Å²) in [5, 5.41) is 5.79. The van der Waals surface area contributed by atoms with Gasteiger partial charge in [0.1, 0.15) is 11.6 Å². The van der Waals surface area contributed by atoms with Crippen molar-refractivity contribution in [3.63, 3.8) is 0 Å². The van der Waals surface area contributed by atoms with Gasteiger partial charge in [0, 0.05) is 11.9 Å². The average molecular weight is 339 g/mol. The number of ether oxygens (including phenoxy) is 1. The number of nitrogens with one attached hydrogen (secondary N) is 1. The van der Waals surface area contributed by atoms with Gasteiger partial charge in [-0.3, -0.25) is 9.69 Å². The van der Waals surface area contributed by atoms with E-state index in [1.807, 2.05) is 33.1 Å². The third kappa shape index (κ3) is 5.20. The molecule has 0 aromatic carbocycles. The lowest BCUT2D eigenvalue weighted by molar-refractivity contribution is -0.127. The molecule has 23 heavy (non-hydrogen) atoms. The molecule has 0 saturated carbocycles. The SMILES string of the molecule is Cc1nc(CNC(=O)[C@H]2CCCCN2C(=O)OC(C)(C)C)cs1. The Morgan fingerprint density at radius 2 is 2.17 bits per heavy atom.